The summed E-state index contributed by atoms with van der Waals surface area (Å²) in [6.45, 7) is 3.38. The fourth-order valence-electron chi connectivity index (χ4n) is 3.33. The van der Waals surface area contributed by atoms with Crippen molar-refractivity contribution in [3.05, 3.63) is 59.8 Å². The van der Waals surface area contributed by atoms with Crippen molar-refractivity contribution in [1.29, 1.82) is 0 Å². The summed E-state index contributed by atoms with van der Waals surface area (Å²) >= 11 is 0. The first-order valence-corrected chi connectivity index (χ1v) is 8.72. The van der Waals surface area contributed by atoms with E-state index < -0.39 is 0 Å². The lowest BCUT2D eigenvalue weighted by atomic mass is 10.0. The quantitative estimate of drug-likeness (QED) is 0.672. The molecule has 1 aliphatic rings. The SMILES string of the molecule is CCc1ccccc1-c1cn2c(n1)-c1ccc(C(=O)OC)cc1OCC2. The highest BCUT2D eigenvalue weighted by atomic mass is 16.5. The van der Waals surface area contributed by atoms with E-state index in [1.165, 1.54) is 12.7 Å². The van der Waals surface area contributed by atoms with Crippen molar-refractivity contribution in [1.82, 2.24) is 9.55 Å². The van der Waals surface area contributed by atoms with Crippen LogP contribution >= 0.6 is 0 Å². The third-order valence-corrected chi connectivity index (χ3v) is 4.68. The average Bonchev–Trinajstić information content (AvgIpc) is 3.03. The Morgan fingerprint density at radius 1 is 1.23 bits per heavy atom. The Kier molecular flexibility index (Phi) is 4.21. The van der Waals surface area contributed by atoms with Gasteiger partial charge in [-0.15, -0.1) is 0 Å². The summed E-state index contributed by atoms with van der Waals surface area (Å²) in [7, 11) is 1.37. The Morgan fingerprint density at radius 2 is 2.08 bits per heavy atom. The minimum absolute atomic E-state index is 0.374. The number of rotatable bonds is 3. The fourth-order valence-corrected chi connectivity index (χ4v) is 3.33. The maximum atomic E-state index is 11.8. The Balaban J connectivity index is 1.82. The van der Waals surface area contributed by atoms with Gasteiger partial charge in [-0.1, -0.05) is 31.2 Å². The Bertz CT molecular complexity index is 975. The van der Waals surface area contributed by atoms with Crippen LogP contribution in [-0.2, 0) is 17.7 Å². The van der Waals surface area contributed by atoms with Gasteiger partial charge in [0.1, 0.15) is 18.2 Å². The van der Waals surface area contributed by atoms with Crippen molar-refractivity contribution in [3.8, 4) is 28.4 Å². The topological polar surface area (TPSA) is 53.4 Å². The maximum absolute atomic E-state index is 11.8. The number of methoxy groups -OCH3 is 1. The molecule has 0 fully saturated rings. The van der Waals surface area contributed by atoms with E-state index >= 15 is 0 Å². The predicted molar refractivity (Wildman–Crippen MR) is 99.3 cm³/mol. The van der Waals surface area contributed by atoms with Gasteiger partial charge in [-0.3, -0.25) is 0 Å². The van der Waals surface area contributed by atoms with Crippen LogP contribution in [0.1, 0.15) is 22.8 Å². The molecule has 0 spiro atoms. The molecule has 0 aliphatic carbocycles. The van der Waals surface area contributed by atoms with E-state index in [1.807, 2.05) is 12.1 Å². The first-order chi connectivity index (χ1) is 12.7. The molecule has 4 rings (SSSR count). The number of aryl methyl sites for hydroxylation is 1. The number of imidazole rings is 1. The second kappa shape index (κ2) is 6.67. The summed E-state index contributed by atoms with van der Waals surface area (Å²) in [6, 6.07) is 13.7. The highest BCUT2D eigenvalue weighted by Gasteiger charge is 2.21. The number of benzene rings is 2. The van der Waals surface area contributed by atoms with E-state index in [1.54, 1.807) is 12.1 Å². The summed E-state index contributed by atoms with van der Waals surface area (Å²) in [5.74, 6) is 1.14. The first kappa shape index (κ1) is 16.4. The van der Waals surface area contributed by atoms with Crippen molar-refractivity contribution in [2.24, 2.45) is 0 Å². The van der Waals surface area contributed by atoms with Gasteiger partial charge >= 0.3 is 5.97 Å². The normalized spacial score (nSPS) is 12.5. The van der Waals surface area contributed by atoms with Crippen LogP contribution < -0.4 is 4.74 Å². The Morgan fingerprint density at radius 3 is 2.88 bits per heavy atom. The largest absolute Gasteiger partial charge is 0.491 e. The highest BCUT2D eigenvalue weighted by Crippen LogP contribution is 2.35. The molecule has 0 bridgehead atoms. The lowest BCUT2D eigenvalue weighted by Gasteiger charge is -2.08. The predicted octanol–water partition coefficient (Wildman–Crippen LogP) is 3.96. The second-order valence-electron chi connectivity index (χ2n) is 6.20. The third-order valence-electron chi connectivity index (χ3n) is 4.68. The van der Waals surface area contributed by atoms with E-state index in [0.717, 1.165) is 29.1 Å². The lowest BCUT2D eigenvalue weighted by Crippen LogP contribution is -2.05. The zero-order valence-electron chi connectivity index (χ0n) is 14.9. The molecule has 5 nitrogen and oxygen atoms in total. The summed E-state index contributed by atoms with van der Waals surface area (Å²) in [4.78, 5) is 16.7. The summed E-state index contributed by atoms with van der Waals surface area (Å²) in [5.41, 5.74) is 4.75. The van der Waals surface area contributed by atoms with E-state index in [2.05, 4.69) is 35.9 Å². The number of ether oxygens (including phenoxy) is 2. The van der Waals surface area contributed by atoms with Crippen molar-refractivity contribution in [2.75, 3.05) is 13.7 Å². The molecule has 0 saturated heterocycles. The molecule has 132 valence electrons. The van der Waals surface area contributed by atoms with Crippen LogP contribution in [0.4, 0.5) is 0 Å². The van der Waals surface area contributed by atoms with Crippen LogP contribution in [0.25, 0.3) is 22.6 Å². The van der Waals surface area contributed by atoms with Crippen molar-refractivity contribution in [2.45, 2.75) is 19.9 Å². The zero-order chi connectivity index (χ0) is 18.1. The molecule has 0 saturated carbocycles. The molecular formula is C21H20N2O3. The molecule has 0 amide bonds. The summed E-state index contributed by atoms with van der Waals surface area (Å²) in [5, 5.41) is 0. The zero-order valence-corrected chi connectivity index (χ0v) is 14.9. The van der Waals surface area contributed by atoms with Gasteiger partial charge in [0.2, 0.25) is 0 Å². The lowest BCUT2D eigenvalue weighted by molar-refractivity contribution is 0.0600. The van der Waals surface area contributed by atoms with Crippen LogP contribution in [0.5, 0.6) is 5.75 Å². The molecule has 1 aliphatic heterocycles. The third kappa shape index (κ3) is 2.75. The van der Waals surface area contributed by atoms with Crippen LogP contribution in [0.2, 0.25) is 0 Å². The number of aromatic nitrogens is 2. The molecule has 3 aromatic rings. The number of esters is 1. The van der Waals surface area contributed by atoms with Gasteiger partial charge in [0.25, 0.3) is 0 Å². The van der Waals surface area contributed by atoms with E-state index in [0.29, 0.717) is 24.5 Å². The first-order valence-electron chi connectivity index (χ1n) is 8.72. The van der Waals surface area contributed by atoms with Crippen molar-refractivity contribution < 1.29 is 14.3 Å². The summed E-state index contributed by atoms with van der Waals surface area (Å²) in [6.07, 6.45) is 3.04. The fraction of sp³-hybridized carbons (Fsp3) is 0.238. The summed E-state index contributed by atoms with van der Waals surface area (Å²) < 4.78 is 12.8. The number of fused-ring (bicyclic) bond motifs is 3. The van der Waals surface area contributed by atoms with E-state index in [4.69, 9.17) is 14.5 Å². The smallest absolute Gasteiger partial charge is 0.337 e. The Hall–Kier alpha value is -3.08. The van der Waals surface area contributed by atoms with Gasteiger partial charge in [-0.2, -0.15) is 0 Å². The van der Waals surface area contributed by atoms with Crippen LogP contribution in [0.15, 0.2) is 48.7 Å². The van der Waals surface area contributed by atoms with Gasteiger partial charge in [0.15, 0.2) is 0 Å². The van der Waals surface area contributed by atoms with Gasteiger partial charge in [-0.05, 0) is 30.2 Å². The molecule has 0 atom stereocenters. The van der Waals surface area contributed by atoms with Crippen molar-refractivity contribution in [3.63, 3.8) is 0 Å². The van der Waals surface area contributed by atoms with Gasteiger partial charge in [0.05, 0.1) is 30.5 Å². The molecule has 0 radical (unpaired) electrons. The van der Waals surface area contributed by atoms with Crippen molar-refractivity contribution >= 4 is 5.97 Å². The maximum Gasteiger partial charge on any atom is 0.337 e. The molecule has 0 unspecified atom stereocenters. The average molecular weight is 348 g/mol. The van der Waals surface area contributed by atoms with Gasteiger partial charge in [-0.25, -0.2) is 9.78 Å². The molecule has 2 heterocycles. The van der Waals surface area contributed by atoms with Crippen LogP contribution in [-0.4, -0.2) is 29.2 Å². The molecule has 0 N–H and O–H groups in total. The highest BCUT2D eigenvalue weighted by molar-refractivity contribution is 5.91. The molecular weight excluding hydrogens is 328 g/mol. The number of nitrogens with zero attached hydrogens (tertiary/aromatic N) is 2. The second-order valence-corrected chi connectivity index (χ2v) is 6.20. The van der Waals surface area contributed by atoms with Gasteiger partial charge < -0.3 is 14.0 Å². The number of carbonyl (C=O) groups is 1. The number of hydrogen-bond donors (Lipinski definition) is 0. The Labute approximate surface area is 152 Å². The van der Waals surface area contributed by atoms with Gasteiger partial charge in [0, 0.05) is 11.8 Å². The number of carbonyl (C=O) groups excluding carboxylic acids is 1. The molecule has 1 aromatic heterocycles. The minimum Gasteiger partial charge on any atom is -0.491 e. The van der Waals surface area contributed by atoms with E-state index in [-0.39, 0.29) is 5.97 Å². The van der Waals surface area contributed by atoms with Crippen LogP contribution in [0, 0.1) is 0 Å². The van der Waals surface area contributed by atoms with Crippen LogP contribution in [0.3, 0.4) is 0 Å². The standard InChI is InChI=1S/C21H20N2O3/c1-3-14-6-4-5-7-16(14)18-13-23-10-11-26-19-12-15(21(24)25-2)8-9-17(19)20(23)22-18/h4-9,12-13H,3,10-11H2,1-2H3. The van der Waals surface area contributed by atoms with E-state index in [9.17, 15) is 4.79 Å². The monoisotopic (exact) mass is 348 g/mol. The molecule has 26 heavy (non-hydrogen) atoms. The number of hydrogen-bond acceptors (Lipinski definition) is 4. The molecule has 2 aromatic carbocycles. The molecule has 5 heteroatoms. The minimum atomic E-state index is -0.374.